The van der Waals surface area contributed by atoms with E-state index in [0.29, 0.717) is 12.5 Å². The minimum absolute atomic E-state index is 0.133. The minimum Gasteiger partial charge on any atom is -0.367 e. The van der Waals surface area contributed by atoms with Gasteiger partial charge in [-0.15, -0.1) is 0 Å². The first kappa shape index (κ1) is 13.5. The fraction of sp³-hybridized carbons (Fsp3) is 0.846. The zero-order valence-electron chi connectivity index (χ0n) is 11.1. The Bertz CT molecular complexity index is 354. The van der Waals surface area contributed by atoms with E-state index in [1.165, 1.54) is 19.3 Å². The summed E-state index contributed by atoms with van der Waals surface area (Å²) in [4.78, 5) is 4.29. The fourth-order valence-electron chi connectivity index (χ4n) is 2.36. The third kappa shape index (κ3) is 3.78. The van der Waals surface area contributed by atoms with Crippen LogP contribution in [0.4, 0.5) is 0 Å². The highest BCUT2D eigenvalue weighted by Gasteiger charge is 2.21. The number of nitrogens with zero attached hydrogens (tertiary/aromatic N) is 2. The van der Waals surface area contributed by atoms with Gasteiger partial charge in [-0.05, 0) is 19.3 Å². The van der Waals surface area contributed by atoms with E-state index in [4.69, 9.17) is 15.0 Å². The lowest BCUT2D eigenvalue weighted by Crippen LogP contribution is -2.35. The highest BCUT2D eigenvalue weighted by molar-refractivity contribution is 4.85. The van der Waals surface area contributed by atoms with E-state index in [1.54, 1.807) is 0 Å². The molecule has 1 fully saturated rings. The molecule has 1 aromatic rings. The van der Waals surface area contributed by atoms with Crippen molar-refractivity contribution in [3.63, 3.8) is 0 Å². The van der Waals surface area contributed by atoms with Gasteiger partial charge < -0.3 is 15.0 Å². The first-order valence-electron chi connectivity index (χ1n) is 6.98. The SMILES string of the molecule is CCCc1noc(COC2CCCCCC2N)n1. The Morgan fingerprint density at radius 2 is 2.17 bits per heavy atom. The maximum atomic E-state index is 6.10. The zero-order chi connectivity index (χ0) is 12.8. The molecule has 1 aliphatic carbocycles. The van der Waals surface area contributed by atoms with Crippen molar-refractivity contribution in [1.29, 1.82) is 0 Å². The van der Waals surface area contributed by atoms with Gasteiger partial charge in [0.2, 0.25) is 0 Å². The molecular formula is C13H23N3O2. The second kappa shape index (κ2) is 6.85. The average Bonchev–Trinajstić information content (AvgIpc) is 2.70. The van der Waals surface area contributed by atoms with Gasteiger partial charge in [0.1, 0.15) is 6.61 Å². The predicted octanol–water partition coefficient (Wildman–Crippen LogP) is 2.20. The van der Waals surface area contributed by atoms with Crippen LogP contribution in [-0.4, -0.2) is 22.3 Å². The number of nitrogens with two attached hydrogens (primary N) is 1. The second-order valence-electron chi connectivity index (χ2n) is 5.01. The van der Waals surface area contributed by atoms with Crippen LogP contribution in [0.2, 0.25) is 0 Å². The van der Waals surface area contributed by atoms with E-state index in [9.17, 15) is 0 Å². The zero-order valence-corrected chi connectivity index (χ0v) is 11.1. The normalized spacial score (nSPS) is 25.0. The van der Waals surface area contributed by atoms with Crippen molar-refractivity contribution in [1.82, 2.24) is 10.1 Å². The van der Waals surface area contributed by atoms with E-state index in [2.05, 4.69) is 17.1 Å². The summed E-state index contributed by atoms with van der Waals surface area (Å²) in [7, 11) is 0. The summed E-state index contributed by atoms with van der Waals surface area (Å²) in [5.74, 6) is 1.33. The first-order chi connectivity index (χ1) is 8.79. The number of hydrogen-bond acceptors (Lipinski definition) is 5. The molecule has 2 rings (SSSR count). The van der Waals surface area contributed by atoms with Gasteiger partial charge in [-0.2, -0.15) is 4.98 Å². The summed E-state index contributed by atoms with van der Waals surface area (Å²) >= 11 is 0. The Balaban J connectivity index is 1.81. The standard InChI is InChI=1S/C13H23N3O2/c1-2-6-12-15-13(18-16-12)9-17-11-8-5-3-4-7-10(11)14/h10-11H,2-9,14H2,1H3. The van der Waals surface area contributed by atoms with Crippen LogP contribution in [-0.2, 0) is 17.8 Å². The molecule has 0 aromatic carbocycles. The topological polar surface area (TPSA) is 74.2 Å². The molecule has 0 spiro atoms. The number of aromatic nitrogens is 2. The van der Waals surface area contributed by atoms with E-state index in [1.807, 2.05) is 0 Å². The molecule has 0 saturated heterocycles. The van der Waals surface area contributed by atoms with Gasteiger partial charge in [-0.1, -0.05) is 31.3 Å². The third-order valence-corrected chi connectivity index (χ3v) is 3.41. The largest absolute Gasteiger partial charge is 0.367 e. The molecule has 5 nitrogen and oxygen atoms in total. The van der Waals surface area contributed by atoms with Crippen LogP contribution in [0.25, 0.3) is 0 Å². The number of hydrogen-bond donors (Lipinski definition) is 1. The molecule has 1 heterocycles. The predicted molar refractivity (Wildman–Crippen MR) is 67.9 cm³/mol. The van der Waals surface area contributed by atoms with Crippen molar-refractivity contribution in [2.24, 2.45) is 5.73 Å². The van der Waals surface area contributed by atoms with Crippen LogP contribution in [0.15, 0.2) is 4.52 Å². The molecule has 0 aliphatic heterocycles. The van der Waals surface area contributed by atoms with Gasteiger partial charge >= 0.3 is 0 Å². The molecule has 102 valence electrons. The lowest BCUT2D eigenvalue weighted by Gasteiger charge is -2.20. The summed E-state index contributed by atoms with van der Waals surface area (Å²) in [6.45, 7) is 2.48. The van der Waals surface area contributed by atoms with Crippen molar-refractivity contribution in [2.45, 2.75) is 70.6 Å². The highest BCUT2D eigenvalue weighted by Crippen LogP contribution is 2.20. The first-order valence-corrected chi connectivity index (χ1v) is 6.98. The third-order valence-electron chi connectivity index (χ3n) is 3.41. The van der Waals surface area contributed by atoms with E-state index in [0.717, 1.165) is 31.5 Å². The van der Waals surface area contributed by atoms with Crippen molar-refractivity contribution in [3.8, 4) is 0 Å². The Morgan fingerprint density at radius 1 is 1.33 bits per heavy atom. The van der Waals surface area contributed by atoms with Crippen LogP contribution < -0.4 is 5.73 Å². The van der Waals surface area contributed by atoms with Crippen LogP contribution in [0.3, 0.4) is 0 Å². The van der Waals surface area contributed by atoms with Crippen LogP contribution in [0.5, 0.6) is 0 Å². The van der Waals surface area contributed by atoms with Gasteiger partial charge in [0.25, 0.3) is 5.89 Å². The number of aryl methyl sites for hydroxylation is 1. The van der Waals surface area contributed by atoms with Crippen molar-refractivity contribution in [2.75, 3.05) is 0 Å². The minimum atomic E-state index is 0.133. The van der Waals surface area contributed by atoms with Crippen LogP contribution in [0, 0.1) is 0 Å². The molecule has 1 aromatic heterocycles. The smallest absolute Gasteiger partial charge is 0.252 e. The van der Waals surface area contributed by atoms with Gasteiger partial charge in [-0.3, -0.25) is 0 Å². The molecule has 0 amide bonds. The summed E-state index contributed by atoms with van der Waals surface area (Å²) in [5.41, 5.74) is 6.10. The molecule has 18 heavy (non-hydrogen) atoms. The lowest BCUT2D eigenvalue weighted by molar-refractivity contribution is 0.00685. The van der Waals surface area contributed by atoms with Crippen molar-refractivity contribution >= 4 is 0 Å². The van der Waals surface area contributed by atoms with E-state index < -0.39 is 0 Å². The lowest BCUT2D eigenvalue weighted by atomic mass is 10.1. The highest BCUT2D eigenvalue weighted by atomic mass is 16.5. The molecule has 5 heteroatoms. The second-order valence-corrected chi connectivity index (χ2v) is 5.01. The van der Waals surface area contributed by atoms with E-state index >= 15 is 0 Å². The molecule has 0 radical (unpaired) electrons. The molecule has 1 aliphatic rings. The quantitative estimate of drug-likeness (QED) is 0.814. The fourth-order valence-corrected chi connectivity index (χ4v) is 2.36. The Kier molecular flexibility index (Phi) is 5.13. The molecule has 2 N–H and O–H groups in total. The number of rotatable bonds is 5. The van der Waals surface area contributed by atoms with Gasteiger partial charge in [0.05, 0.1) is 6.10 Å². The van der Waals surface area contributed by atoms with Crippen LogP contribution in [0.1, 0.15) is 57.2 Å². The monoisotopic (exact) mass is 253 g/mol. The van der Waals surface area contributed by atoms with Gasteiger partial charge in [0, 0.05) is 12.5 Å². The van der Waals surface area contributed by atoms with Gasteiger partial charge in [-0.25, -0.2) is 0 Å². The molecular weight excluding hydrogens is 230 g/mol. The molecule has 2 atom stereocenters. The average molecular weight is 253 g/mol. The summed E-state index contributed by atoms with van der Waals surface area (Å²) in [6.07, 6.45) is 7.77. The Labute approximate surface area is 108 Å². The summed E-state index contributed by atoms with van der Waals surface area (Å²) in [5, 5.41) is 3.91. The Hall–Kier alpha value is -0.940. The summed E-state index contributed by atoms with van der Waals surface area (Å²) in [6, 6.07) is 0.144. The van der Waals surface area contributed by atoms with Gasteiger partial charge in [0.15, 0.2) is 5.82 Å². The molecule has 1 saturated carbocycles. The van der Waals surface area contributed by atoms with Crippen LogP contribution >= 0.6 is 0 Å². The molecule has 2 unspecified atom stereocenters. The molecule has 0 bridgehead atoms. The maximum Gasteiger partial charge on any atom is 0.252 e. The van der Waals surface area contributed by atoms with Crippen molar-refractivity contribution < 1.29 is 9.26 Å². The maximum absolute atomic E-state index is 6.10. The number of ether oxygens (including phenoxy) is 1. The van der Waals surface area contributed by atoms with E-state index in [-0.39, 0.29) is 12.1 Å². The summed E-state index contributed by atoms with van der Waals surface area (Å²) < 4.78 is 11.0. The Morgan fingerprint density at radius 3 is 3.00 bits per heavy atom. The van der Waals surface area contributed by atoms with Crippen molar-refractivity contribution in [3.05, 3.63) is 11.7 Å².